The highest BCUT2D eigenvalue weighted by Gasteiger charge is 2.18. The first kappa shape index (κ1) is 16.8. The van der Waals surface area contributed by atoms with E-state index in [1.807, 2.05) is 0 Å². The molecule has 0 aromatic heterocycles. The van der Waals surface area contributed by atoms with E-state index in [-0.39, 0.29) is 0 Å². The summed E-state index contributed by atoms with van der Waals surface area (Å²) in [6, 6.07) is 0. The Morgan fingerprint density at radius 3 is 2.53 bits per heavy atom. The van der Waals surface area contributed by atoms with E-state index in [2.05, 4.69) is 10.0 Å². The lowest BCUT2D eigenvalue weighted by molar-refractivity contribution is 0.0699. The molecule has 7 heteroatoms. The van der Waals surface area contributed by atoms with Crippen LogP contribution in [0.2, 0.25) is 0 Å². The summed E-state index contributed by atoms with van der Waals surface area (Å²) in [6.45, 7) is 4.16. The summed E-state index contributed by atoms with van der Waals surface area (Å²) in [7, 11) is 0.131. The molecular formula is C10H24N2O4S. The van der Waals surface area contributed by atoms with Gasteiger partial charge in [-0.05, 0) is 20.4 Å². The van der Waals surface area contributed by atoms with Gasteiger partial charge in [0.25, 0.3) is 0 Å². The van der Waals surface area contributed by atoms with Gasteiger partial charge in [0.15, 0.2) is 0 Å². The van der Waals surface area contributed by atoms with Gasteiger partial charge < -0.3 is 14.8 Å². The van der Waals surface area contributed by atoms with Crippen molar-refractivity contribution < 1.29 is 17.9 Å². The Labute approximate surface area is 104 Å². The van der Waals surface area contributed by atoms with Crippen molar-refractivity contribution >= 4 is 10.0 Å². The molecule has 6 nitrogen and oxygen atoms in total. The van der Waals surface area contributed by atoms with Gasteiger partial charge in [-0.2, -0.15) is 0 Å². The second kappa shape index (κ2) is 9.78. The average molecular weight is 268 g/mol. The van der Waals surface area contributed by atoms with Gasteiger partial charge in [-0.25, -0.2) is 13.1 Å². The third kappa shape index (κ3) is 8.50. The fraction of sp³-hybridized carbons (Fsp3) is 1.00. The van der Waals surface area contributed by atoms with Crippen LogP contribution >= 0.6 is 0 Å². The smallest absolute Gasteiger partial charge is 0.215 e. The number of hydrogen-bond acceptors (Lipinski definition) is 5. The van der Waals surface area contributed by atoms with Crippen molar-refractivity contribution in [1.29, 1.82) is 0 Å². The van der Waals surface area contributed by atoms with E-state index in [0.29, 0.717) is 39.3 Å². The molecule has 0 aromatic carbocycles. The van der Waals surface area contributed by atoms with Gasteiger partial charge in [-0.15, -0.1) is 0 Å². The number of sulfonamides is 1. The molecule has 0 saturated heterocycles. The van der Waals surface area contributed by atoms with E-state index >= 15 is 0 Å². The van der Waals surface area contributed by atoms with Crippen LogP contribution in [-0.4, -0.2) is 60.7 Å². The van der Waals surface area contributed by atoms with Crippen LogP contribution < -0.4 is 10.0 Å². The molecule has 0 rings (SSSR count). The normalized spacial score (nSPS) is 13.8. The van der Waals surface area contributed by atoms with Crippen LogP contribution in [-0.2, 0) is 19.5 Å². The van der Waals surface area contributed by atoms with E-state index in [9.17, 15) is 8.42 Å². The predicted molar refractivity (Wildman–Crippen MR) is 67.6 cm³/mol. The Morgan fingerprint density at radius 2 is 1.94 bits per heavy atom. The highest BCUT2D eigenvalue weighted by Crippen LogP contribution is 1.96. The summed E-state index contributed by atoms with van der Waals surface area (Å²) >= 11 is 0. The Morgan fingerprint density at radius 1 is 1.24 bits per heavy atom. The lowest BCUT2D eigenvalue weighted by Crippen LogP contribution is -2.38. The van der Waals surface area contributed by atoms with Crippen molar-refractivity contribution in [1.82, 2.24) is 10.0 Å². The number of methoxy groups -OCH3 is 1. The zero-order valence-electron chi connectivity index (χ0n) is 10.9. The van der Waals surface area contributed by atoms with Crippen LogP contribution in [0.4, 0.5) is 0 Å². The first-order valence-electron chi connectivity index (χ1n) is 5.74. The first-order valence-corrected chi connectivity index (χ1v) is 7.29. The van der Waals surface area contributed by atoms with Gasteiger partial charge in [0.1, 0.15) is 0 Å². The number of nitrogens with one attached hydrogen (secondary N) is 2. The molecule has 0 aliphatic heterocycles. The van der Waals surface area contributed by atoms with Crippen LogP contribution in [0.1, 0.15) is 13.3 Å². The molecule has 0 amide bonds. The number of hydrogen-bond donors (Lipinski definition) is 2. The van der Waals surface area contributed by atoms with Crippen LogP contribution in [0.25, 0.3) is 0 Å². The van der Waals surface area contributed by atoms with Crippen LogP contribution in [0.3, 0.4) is 0 Å². The lowest BCUT2D eigenvalue weighted by Gasteiger charge is -2.13. The molecule has 0 bridgehead atoms. The number of rotatable bonds is 11. The van der Waals surface area contributed by atoms with Gasteiger partial charge in [-0.1, -0.05) is 0 Å². The second-order valence-electron chi connectivity index (χ2n) is 3.77. The quantitative estimate of drug-likeness (QED) is 0.497. The van der Waals surface area contributed by atoms with Crippen molar-refractivity contribution in [2.45, 2.75) is 18.6 Å². The maximum atomic E-state index is 11.6. The SMILES string of the molecule is CNCC(C)S(=O)(=O)NCCCOCCOC. The summed E-state index contributed by atoms with van der Waals surface area (Å²) in [4.78, 5) is 0. The van der Waals surface area contributed by atoms with Crippen LogP contribution in [0.5, 0.6) is 0 Å². The Balaban J connectivity index is 3.59. The molecular weight excluding hydrogens is 244 g/mol. The largest absolute Gasteiger partial charge is 0.382 e. The van der Waals surface area contributed by atoms with E-state index in [4.69, 9.17) is 9.47 Å². The average Bonchev–Trinajstić information content (AvgIpc) is 2.28. The van der Waals surface area contributed by atoms with Gasteiger partial charge in [0.2, 0.25) is 10.0 Å². The monoisotopic (exact) mass is 268 g/mol. The van der Waals surface area contributed by atoms with Crippen molar-refractivity contribution in [3.63, 3.8) is 0 Å². The summed E-state index contributed by atoms with van der Waals surface area (Å²) in [6.07, 6.45) is 0.662. The molecule has 1 atom stereocenters. The minimum absolute atomic E-state index is 0.406. The third-order valence-electron chi connectivity index (χ3n) is 2.22. The molecule has 0 aliphatic rings. The molecule has 104 valence electrons. The predicted octanol–water partition coefficient (Wildman–Crippen LogP) is -0.433. The van der Waals surface area contributed by atoms with E-state index in [1.165, 1.54) is 0 Å². The standard InChI is InChI=1S/C10H24N2O4S/c1-10(9-11-2)17(13,14)12-5-4-6-16-8-7-15-3/h10-12H,4-9H2,1-3H3. The summed E-state index contributed by atoms with van der Waals surface area (Å²) in [5, 5.41) is 2.41. The van der Waals surface area contributed by atoms with Gasteiger partial charge in [0.05, 0.1) is 18.5 Å². The highest BCUT2D eigenvalue weighted by molar-refractivity contribution is 7.90. The molecule has 17 heavy (non-hydrogen) atoms. The summed E-state index contributed by atoms with van der Waals surface area (Å²) in [5.41, 5.74) is 0. The fourth-order valence-electron chi connectivity index (χ4n) is 1.17. The zero-order valence-corrected chi connectivity index (χ0v) is 11.7. The van der Waals surface area contributed by atoms with Crippen LogP contribution in [0, 0.1) is 0 Å². The van der Waals surface area contributed by atoms with Crippen molar-refractivity contribution in [2.75, 3.05) is 47.1 Å². The molecule has 0 aliphatic carbocycles. The Hall–Kier alpha value is -0.210. The minimum Gasteiger partial charge on any atom is -0.382 e. The van der Waals surface area contributed by atoms with Gasteiger partial charge in [0, 0.05) is 26.8 Å². The van der Waals surface area contributed by atoms with Crippen molar-refractivity contribution in [2.24, 2.45) is 0 Å². The lowest BCUT2D eigenvalue weighted by atomic mass is 10.5. The summed E-state index contributed by atoms with van der Waals surface area (Å²) in [5.74, 6) is 0. The second-order valence-corrected chi connectivity index (χ2v) is 5.95. The molecule has 2 N–H and O–H groups in total. The van der Waals surface area contributed by atoms with Crippen molar-refractivity contribution in [3.8, 4) is 0 Å². The molecule has 0 radical (unpaired) electrons. The first-order chi connectivity index (χ1) is 8.04. The zero-order chi connectivity index (χ0) is 13.1. The fourth-order valence-corrected chi connectivity index (χ4v) is 2.27. The van der Waals surface area contributed by atoms with E-state index in [0.717, 1.165) is 0 Å². The minimum atomic E-state index is -3.21. The Kier molecular flexibility index (Phi) is 9.66. The van der Waals surface area contributed by atoms with E-state index < -0.39 is 15.3 Å². The molecule has 0 spiro atoms. The highest BCUT2D eigenvalue weighted by atomic mass is 32.2. The summed E-state index contributed by atoms with van der Waals surface area (Å²) < 4.78 is 35.9. The molecule has 0 saturated carbocycles. The van der Waals surface area contributed by atoms with E-state index in [1.54, 1.807) is 21.1 Å². The Bertz CT molecular complexity index is 269. The maximum Gasteiger partial charge on any atom is 0.215 e. The number of ether oxygens (including phenoxy) is 2. The molecule has 0 fully saturated rings. The third-order valence-corrected chi connectivity index (χ3v) is 4.05. The molecule has 0 aromatic rings. The molecule has 1 unspecified atom stereocenters. The maximum absolute atomic E-state index is 11.6. The van der Waals surface area contributed by atoms with Crippen molar-refractivity contribution in [3.05, 3.63) is 0 Å². The topological polar surface area (TPSA) is 76.7 Å². The van der Waals surface area contributed by atoms with Gasteiger partial charge in [-0.3, -0.25) is 0 Å². The van der Waals surface area contributed by atoms with Crippen LogP contribution in [0.15, 0.2) is 0 Å². The molecule has 0 heterocycles. The van der Waals surface area contributed by atoms with Gasteiger partial charge >= 0.3 is 0 Å².